The molecule has 0 aliphatic carbocycles. The molecule has 0 atom stereocenters. The Kier molecular flexibility index (Phi) is 5.78. The molecule has 6 heteroatoms. The average Bonchev–Trinajstić information content (AvgIpc) is 2.27. The summed E-state index contributed by atoms with van der Waals surface area (Å²) in [4.78, 5) is 2.32. The minimum absolute atomic E-state index is 0.298. The molecule has 0 spiro atoms. The third-order valence-corrected chi connectivity index (χ3v) is 4.91. The fourth-order valence-corrected chi connectivity index (χ4v) is 3.62. The number of rotatable bonds is 6. The van der Waals surface area contributed by atoms with E-state index in [1.54, 1.807) is 12.1 Å². The molecule has 18 heavy (non-hydrogen) atoms. The number of aryl methyl sites for hydroxylation is 1. The summed E-state index contributed by atoms with van der Waals surface area (Å²) >= 11 is 3.27. The van der Waals surface area contributed by atoms with Crippen molar-refractivity contribution in [3.63, 3.8) is 0 Å². The van der Waals surface area contributed by atoms with E-state index in [2.05, 4.69) is 20.7 Å². The molecule has 0 saturated carbocycles. The lowest BCUT2D eigenvalue weighted by atomic mass is 10.2. The van der Waals surface area contributed by atoms with E-state index in [4.69, 9.17) is 0 Å². The number of benzene rings is 1. The van der Waals surface area contributed by atoms with E-state index < -0.39 is 10.0 Å². The van der Waals surface area contributed by atoms with Crippen molar-refractivity contribution >= 4 is 26.0 Å². The fraction of sp³-hybridized carbons (Fsp3) is 0.500. The van der Waals surface area contributed by atoms with Gasteiger partial charge in [-0.1, -0.05) is 6.07 Å². The summed E-state index contributed by atoms with van der Waals surface area (Å²) in [6.07, 6.45) is 0.787. The Morgan fingerprint density at radius 1 is 1.33 bits per heavy atom. The topological polar surface area (TPSA) is 49.4 Å². The minimum Gasteiger partial charge on any atom is -0.309 e. The molecular weight excluding hydrogens is 316 g/mol. The van der Waals surface area contributed by atoms with Gasteiger partial charge < -0.3 is 4.90 Å². The molecule has 0 heterocycles. The van der Waals surface area contributed by atoms with Gasteiger partial charge >= 0.3 is 0 Å². The average molecular weight is 335 g/mol. The maximum Gasteiger partial charge on any atom is 0.241 e. The third kappa shape index (κ3) is 4.68. The highest BCUT2D eigenvalue weighted by Crippen LogP contribution is 2.22. The van der Waals surface area contributed by atoms with Crippen LogP contribution in [0.25, 0.3) is 0 Å². The molecule has 0 fully saturated rings. The van der Waals surface area contributed by atoms with Crippen molar-refractivity contribution in [1.29, 1.82) is 0 Å². The fourth-order valence-electron chi connectivity index (χ4n) is 1.50. The van der Waals surface area contributed by atoms with Crippen molar-refractivity contribution in [3.05, 3.63) is 28.2 Å². The quantitative estimate of drug-likeness (QED) is 0.809. The second kappa shape index (κ2) is 6.65. The molecule has 1 N–H and O–H groups in total. The second-order valence-corrected chi connectivity index (χ2v) is 7.08. The smallest absolute Gasteiger partial charge is 0.241 e. The van der Waals surface area contributed by atoms with Crippen LogP contribution in [0.4, 0.5) is 0 Å². The van der Waals surface area contributed by atoms with Crippen LogP contribution in [0, 0.1) is 6.92 Å². The van der Waals surface area contributed by atoms with Crippen LogP contribution in [-0.2, 0) is 10.0 Å². The Bertz CT molecular complexity index is 501. The molecule has 0 radical (unpaired) electrons. The zero-order valence-electron chi connectivity index (χ0n) is 10.9. The monoisotopic (exact) mass is 334 g/mol. The van der Waals surface area contributed by atoms with Gasteiger partial charge in [0, 0.05) is 11.0 Å². The molecule has 0 aromatic heterocycles. The van der Waals surface area contributed by atoms with E-state index in [1.165, 1.54) is 0 Å². The Balaban J connectivity index is 2.71. The summed E-state index contributed by atoms with van der Waals surface area (Å²) in [5, 5.41) is 0. The van der Waals surface area contributed by atoms with E-state index in [1.807, 2.05) is 32.0 Å². The first-order valence-electron chi connectivity index (χ1n) is 5.73. The molecule has 0 saturated heterocycles. The molecule has 0 aliphatic rings. The Morgan fingerprint density at radius 3 is 2.61 bits per heavy atom. The maximum absolute atomic E-state index is 12.1. The Labute approximate surface area is 118 Å². The molecule has 4 nitrogen and oxygen atoms in total. The van der Waals surface area contributed by atoms with Crippen LogP contribution in [0.15, 0.2) is 27.6 Å². The minimum atomic E-state index is -3.43. The zero-order chi connectivity index (χ0) is 13.8. The Morgan fingerprint density at radius 2 is 2.00 bits per heavy atom. The van der Waals surface area contributed by atoms with Crippen molar-refractivity contribution in [3.8, 4) is 0 Å². The molecule has 1 aromatic rings. The molecule has 0 bridgehead atoms. The van der Waals surface area contributed by atoms with Gasteiger partial charge in [0.2, 0.25) is 10.0 Å². The molecule has 1 aromatic carbocycles. The van der Waals surface area contributed by atoms with Crippen LogP contribution < -0.4 is 4.72 Å². The van der Waals surface area contributed by atoms with Gasteiger partial charge in [-0.2, -0.15) is 0 Å². The highest BCUT2D eigenvalue weighted by Gasteiger charge is 2.16. The first-order valence-corrected chi connectivity index (χ1v) is 8.01. The second-order valence-electron chi connectivity index (χ2n) is 4.49. The molecule has 0 unspecified atom stereocenters. The van der Waals surface area contributed by atoms with Crippen LogP contribution in [0.1, 0.15) is 12.0 Å². The Hall–Kier alpha value is -0.430. The lowest BCUT2D eigenvalue weighted by Gasteiger charge is -2.11. The summed E-state index contributed by atoms with van der Waals surface area (Å²) in [6.45, 7) is 3.18. The van der Waals surface area contributed by atoms with Crippen molar-refractivity contribution < 1.29 is 8.42 Å². The predicted molar refractivity (Wildman–Crippen MR) is 77.2 cm³/mol. The maximum atomic E-state index is 12.1. The third-order valence-electron chi connectivity index (χ3n) is 2.45. The van der Waals surface area contributed by atoms with E-state index in [0.717, 1.165) is 18.5 Å². The van der Waals surface area contributed by atoms with Crippen molar-refractivity contribution in [2.75, 3.05) is 27.2 Å². The molecular formula is C12H19BrN2O2S. The first-order chi connectivity index (χ1) is 8.33. The van der Waals surface area contributed by atoms with Crippen LogP contribution in [0.3, 0.4) is 0 Å². The van der Waals surface area contributed by atoms with E-state index in [-0.39, 0.29) is 0 Å². The van der Waals surface area contributed by atoms with Gasteiger partial charge in [0.25, 0.3) is 0 Å². The first kappa shape index (κ1) is 15.6. The molecule has 1 rings (SSSR count). The van der Waals surface area contributed by atoms with Gasteiger partial charge in [-0.25, -0.2) is 13.1 Å². The summed E-state index contributed by atoms with van der Waals surface area (Å²) < 4.78 is 27.4. The van der Waals surface area contributed by atoms with Gasteiger partial charge in [-0.3, -0.25) is 0 Å². The van der Waals surface area contributed by atoms with Gasteiger partial charge in [0.15, 0.2) is 0 Å². The van der Waals surface area contributed by atoms with Crippen LogP contribution in [0.2, 0.25) is 0 Å². The predicted octanol–water partition coefficient (Wildman–Crippen LogP) is 1.99. The highest BCUT2D eigenvalue weighted by atomic mass is 79.9. The SMILES string of the molecule is Cc1ccc(Br)c(S(=O)(=O)NCCCN(C)C)c1. The van der Waals surface area contributed by atoms with Crippen molar-refractivity contribution in [2.45, 2.75) is 18.2 Å². The van der Waals surface area contributed by atoms with Crippen LogP contribution in [-0.4, -0.2) is 40.5 Å². The highest BCUT2D eigenvalue weighted by molar-refractivity contribution is 9.10. The van der Waals surface area contributed by atoms with Crippen LogP contribution >= 0.6 is 15.9 Å². The number of halogens is 1. The zero-order valence-corrected chi connectivity index (χ0v) is 13.3. The summed E-state index contributed by atoms with van der Waals surface area (Å²) in [5.41, 5.74) is 0.923. The lowest BCUT2D eigenvalue weighted by Crippen LogP contribution is -2.27. The van der Waals surface area contributed by atoms with Crippen LogP contribution in [0.5, 0.6) is 0 Å². The molecule has 0 aliphatic heterocycles. The van der Waals surface area contributed by atoms with E-state index in [0.29, 0.717) is 15.9 Å². The normalized spacial score (nSPS) is 12.1. The summed E-state index contributed by atoms with van der Waals surface area (Å²) in [5.74, 6) is 0. The number of hydrogen-bond donors (Lipinski definition) is 1. The van der Waals surface area contributed by atoms with Gasteiger partial charge in [-0.15, -0.1) is 0 Å². The number of hydrogen-bond acceptors (Lipinski definition) is 3. The molecule has 102 valence electrons. The van der Waals surface area contributed by atoms with Gasteiger partial charge in [0.1, 0.15) is 0 Å². The molecule has 0 amide bonds. The van der Waals surface area contributed by atoms with E-state index in [9.17, 15) is 8.42 Å². The van der Waals surface area contributed by atoms with Crippen molar-refractivity contribution in [2.24, 2.45) is 0 Å². The lowest BCUT2D eigenvalue weighted by molar-refractivity contribution is 0.400. The summed E-state index contributed by atoms with van der Waals surface area (Å²) in [7, 11) is 0.501. The standard InChI is InChI=1S/C12H19BrN2O2S/c1-10-5-6-11(13)12(9-10)18(16,17)14-7-4-8-15(2)3/h5-6,9,14H,4,7-8H2,1-3H3. The van der Waals surface area contributed by atoms with Crippen molar-refractivity contribution in [1.82, 2.24) is 9.62 Å². The van der Waals surface area contributed by atoms with Gasteiger partial charge in [-0.05, 0) is 67.6 Å². The largest absolute Gasteiger partial charge is 0.309 e. The van der Waals surface area contributed by atoms with E-state index >= 15 is 0 Å². The summed E-state index contributed by atoms with van der Waals surface area (Å²) in [6, 6.07) is 5.29. The number of nitrogens with zero attached hydrogens (tertiary/aromatic N) is 1. The number of sulfonamides is 1. The van der Waals surface area contributed by atoms with Gasteiger partial charge in [0.05, 0.1) is 4.90 Å². The number of nitrogens with one attached hydrogen (secondary N) is 1.